The quantitative estimate of drug-likeness (QED) is 0.625. The molecule has 1 aromatic heterocycles. The summed E-state index contributed by atoms with van der Waals surface area (Å²) < 4.78 is 5.77. The van der Waals surface area contributed by atoms with Gasteiger partial charge in [0.05, 0.1) is 19.3 Å². The average molecular weight is 383 g/mol. The van der Waals surface area contributed by atoms with Crippen molar-refractivity contribution in [3.8, 4) is 0 Å². The number of hydrogen-bond donors (Lipinski definition) is 2. The lowest BCUT2D eigenvalue weighted by Crippen LogP contribution is -2.45. The van der Waals surface area contributed by atoms with Gasteiger partial charge in [0.15, 0.2) is 5.96 Å². The summed E-state index contributed by atoms with van der Waals surface area (Å²) in [5.41, 5.74) is 2.48. The number of nitrogens with one attached hydrogen (secondary N) is 2. The first-order valence-corrected chi connectivity index (χ1v) is 9.61. The van der Waals surface area contributed by atoms with Gasteiger partial charge in [0.25, 0.3) is 0 Å². The zero-order chi connectivity index (χ0) is 20.1. The third-order valence-electron chi connectivity index (χ3n) is 4.81. The topological polar surface area (TPSA) is 82.8 Å². The van der Waals surface area contributed by atoms with E-state index in [9.17, 15) is 4.79 Å². The highest BCUT2D eigenvalue weighted by atomic mass is 16.4. The second-order valence-electron chi connectivity index (χ2n) is 7.98. The number of nitrogens with zero attached hydrogens (tertiary/aromatic N) is 3. The molecule has 0 spiro atoms. The molecular formula is C21H29N5O2. The van der Waals surface area contributed by atoms with Gasteiger partial charge in [-0.05, 0) is 17.5 Å². The maximum absolute atomic E-state index is 12.6. The predicted octanol–water partition coefficient (Wildman–Crippen LogP) is 2.22. The number of benzene rings is 1. The highest BCUT2D eigenvalue weighted by Crippen LogP contribution is 2.22. The normalized spacial score (nSPS) is 14.6. The molecule has 1 aliphatic heterocycles. The Bertz CT molecular complexity index is 850. The smallest absolute Gasteiger partial charge is 0.242 e. The molecule has 28 heavy (non-hydrogen) atoms. The van der Waals surface area contributed by atoms with Gasteiger partial charge in [-0.1, -0.05) is 45.0 Å². The molecule has 7 heteroatoms. The number of amides is 1. The van der Waals surface area contributed by atoms with E-state index in [1.807, 2.05) is 17.0 Å². The molecule has 1 aliphatic rings. The van der Waals surface area contributed by atoms with Gasteiger partial charge in [-0.3, -0.25) is 9.79 Å². The van der Waals surface area contributed by atoms with Crippen LogP contribution in [0.15, 0.2) is 39.9 Å². The molecule has 2 aromatic rings. The van der Waals surface area contributed by atoms with Crippen molar-refractivity contribution in [2.24, 2.45) is 4.99 Å². The minimum Gasteiger partial charge on any atom is -0.443 e. The molecule has 0 unspecified atom stereocenters. The van der Waals surface area contributed by atoms with Crippen LogP contribution in [0.4, 0.5) is 0 Å². The van der Waals surface area contributed by atoms with Gasteiger partial charge in [0.1, 0.15) is 5.76 Å². The molecule has 0 saturated heterocycles. The van der Waals surface area contributed by atoms with Crippen molar-refractivity contribution in [1.29, 1.82) is 0 Å². The van der Waals surface area contributed by atoms with Gasteiger partial charge >= 0.3 is 0 Å². The van der Waals surface area contributed by atoms with Gasteiger partial charge in [-0.15, -0.1) is 0 Å². The van der Waals surface area contributed by atoms with Crippen molar-refractivity contribution in [2.45, 2.75) is 45.7 Å². The molecule has 2 N–H and O–H groups in total. The Morgan fingerprint density at radius 3 is 2.68 bits per heavy atom. The summed E-state index contributed by atoms with van der Waals surface area (Å²) >= 11 is 0. The van der Waals surface area contributed by atoms with Crippen LogP contribution in [0.2, 0.25) is 0 Å². The Kier molecular flexibility index (Phi) is 6.02. The Labute approximate surface area is 166 Å². The van der Waals surface area contributed by atoms with Crippen molar-refractivity contribution in [1.82, 2.24) is 20.5 Å². The molecule has 7 nitrogen and oxygen atoms in total. The van der Waals surface area contributed by atoms with Crippen molar-refractivity contribution in [2.75, 3.05) is 20.1 Å². The van der Waals surface area contributed by atoms with E-state index >= 15 is 0 Å². The number of guanidine groups is 1. The molecule has 0 aliphatic carbocycles. The lowest BCUT2D eigenvalue weighted by Gasteiger charge is -2.29. The molecule has 0 saturated carbocycles. The summed E-state index contributed by atoms with van der Waals surface area (Å²) in [5.74, 6) is 2.03. The molecule has 1 amide bonds. The fraction of sp³-hybridized carbons (Fsp3) is 0.476. The number of carbonyl (C=O) groups is 1. The van der Waals surface area contributed by atoms with Crippen molar-refractivity contribution in [3.63, 3.8) is 0 Å². The van der Waals surface area contributed by atoms with E-state index in [-0.39, 0.29) is 17.9 Å². The molecule has 1 aromatic carbocycles. The first kappa shape index (κ1) is 19.9. The Morgan fingerprint density at radius 1 is 1.25 bits per heavy atom. The third-order valence-corrected chi connectivity index (χ3v) is 4.81. The largest absolute Gasteiger partial charge is 0.443 e. The van der Waals surface area contributed by atoms with Crippen LogP contribution in [0.1, 0.15) is 43.5 Å². The van der Waals surface area contributed by atoms with E-state index in [0.29, 0.717) is 24.9 Å². The van der Waals surface area contributed by atoms with Crippen LogP contribution in [0.25, 0.3) is 0 Å². The lowest BCUT2D eigenvalue weighted by atomic mass is 9.94. The summed E-state index contributed by atoms with van der Waals surface area (Å²) in [6.07, 6.45) is 2.65. The van der Waals surface area contributed by atoms with Crippen LogP contribution in [0.3, 0.4) is 0 Å². The highest BCUT2D eigenvalue weighted by Gasteiger charge is 2.21. The average Bonchev–Trinajstić information content (AvgIpc) is 3.17. The first-order valence-electron chi connectivity index (χ1n) is 9.61. The molecule has 0 bridgehead atoms. The number of hydrogen-bond acceptors (Lipinski definition) is 4. The Hall–Kier alpha value is -2.83. The Balaban J connectivity index is 1.48. The summed E-state index contributed by atoms with van der Waals surface area (Å²) in [5, 5.41) is 6.21. The van der Waals surface area contributed by atoms with E-state index in [4.69, 9.17) is 4.42 Å². The fourth-order valence-corrected chi connectivity index (χ4v) is 3.10. The number of carbonyl (C=O) groups excluding carboxylic acids is 1. The van der Waals surface area contributed by atoms with E-state index in [2.05, 4.69) is 53.5 Å². The standard InChI is InChI=1S/C21H29N5O2/c1-21(2,3)17-11-23-18(28-17)12-24-20(22-4)25-13-19(27)26-10-9-15-7-5-6-8-16(15)14-26/h5-8,11H,9-10,12-14H2,1-4H3,(H2,22,24,25). The number of fused-ring (bicyclic) bond motifs is 1. The number of aromatic nitrogens is 1. The molecule has 150 valence electrons. The zero-order valence-electron chi connectivity index (χ0n) is 17.1. The SMILES string of the molecule is CN=C(NCC(=O)N1CCc2ccccc2C1)NCc1ncc(C(C)(C)C)o1. The minimum absolute atomic E-state index is 0.0589. The number of oxazole rings is 1. The van der Waals surface area contributed by atoms with Crippen LogP contribution >= 0.6 is 0 Å². The maximum Gasteiger partial charge on any atom is 0.242 e. The van der Waals surface area contributed by atoms with Crippen molar-refractivity contribution >= 4 is 11.9 Å². The van der Waals surface area contributed by atoms with Crippen LogP contribution < -0.4 is 10.6 Å². The molecule has 0 atom stereocenters. The highest BCUT2D eigenvalue weighted by molar-refractivity contribution is 5.86. The van der Waals surface area contributed by atoms with Crippen LogP contribution in [-0.2, 0) is 29.7 Å². The lowest BCUT2D eigenvalue weighted by molar-refractivity contribution is -0.130. The number of aliphatic imine (C=N–C) groups is 1. The van der Waals surface area contributed by atoms with Gasteiger partial charge < -0.3 is 20.0 Å². The molecule has 2 heterocycles. The second-order valence-corrected chi connectivity index (χ2v) is 7.98. The Morgan fingerprint density at radius 2 is 2.00 bits per heavy atom. The minimum atomic E-state index is -0.0787. The summed E-state index contributed by atoms with van der Waals surface area (Å²) in [6.45, 7) is 8.24. The van der Waals surface area contributed by atoms with Gasteiger partial charge in [-0.25, -0.2) is 4.98 Å². The summed E-state index contributed by atoms with van der Waals surface area (Å²) in [4.78, 5) is 22.9. The van der Waals surface area contributed by atoms with Gasteiger partial charge in [0.2, 0.25) is 11.8 Å². The third kappa shape index (κ3) is 4.91. The second kappa shape index (κ2) is 8.46. The van der Waals surface area contributed by atoms with Crippen LogP contribution in [-0.4, -0.2) is 41.9 Å². The maximum atomic E-state index is 12.6. The molecule has 0 radical (unpaired) electrons. The molecule has 0 fully saturated rings. The van der Waals surface area contributed by atoms with E-state index < -0.39 is 0 Å². The van der Waals surface area contributed by atoms with Crippen molar-refractivity contribution in [3.05, 3.63) is 53.2 Å². The van der Waals surface area contributed by atoms with Crippen molar-refractivity contribution < 1.29 is 9.21 Å². The van der Waals surface area contributed by atoms with Crippen LogP contribution in [0.5, 0.6) is 0 Å². The summed E-state index contributed by atoms with van der Waals surface area (Å²) in [7, 11) is 1.67. The number of rotatable bonds is 4. The first-order chi connectivity index (χ1) is 13.4. The van der Waals surface area contributed by atoms with E-state index in [1.54, 1.807) is 13.2 Å². The monoisotopic (exact) mass is 383 g/mol. The predicted molar refractivity (Wildman–Crippen MR) is 109 cm³/mol. The molecule has 3 rings (SSSR count). The zero-order valence-corrected chi connectivity index (χ0v) is 17.1. The van der Waals surface area contributed by atoms with E-state index in [1.165, 1.54) is 11.1 Å². The molecular weight excluding hydrogens is 354 g/mol. The van der Waals surface area contributed by atoms with Gasteiger partial charge in [-0.2, -0.15) is 0 Å². The van der Waals surface area contributed by atoms with Crippen LogP contribution in [0, 0.1) is 0 Å². The van der Waals surface area contributed by atoms with E-state index in [0.717, 1.165) is 18.7 Å². The van der Waals surface area contributed by atoms with Gasteiger partial charge in [0, 0.05) is 25.6 Å². The fourth-order valence-electron chi connectivity index (χ4n) is 3.10. The summed E-state index contributed by atoms with van der Waals surface area (Å²) in [6, 6.07) is 8.29.